The highest BCUT2D eigenvalue weighted by Crippen LogP contribution is 2.38. The largest absolute Gasteiger partial charge is 0.400 e. The SMILES string of the molecule is CNC.C[P+](O)(O)O. The molecule has 0 saturated heterocycles. The van der Waals surface area contributed by atoms with Crippen LogP contribution in [0.25, 0.3) is 0 Å². The van der Waals surface area contributed by atoms with E-state index in [1.165, 1.54) is 0 Å². The van der Waals surface area contributed by atoms with E-state index < -0.39 is 7.94 Å². The zero-order chi connectivity index (χ0) is 7.21. The predicted octanol–water partition coefficient (Wildman–Crippen LogP) is -0.809. The summed E-state index contributed by atoms with van der Waals surface area (Å²) >= 11 is 0. The Hall–Kier alpha value is 0.270. The Kier molecular flexibility index (Phi) is 7.52. The van der Waals surface area contributed by atoms with E-state index in [9.17, 15) is 0 Å². The lowest BCUT2D eigenvalue weighted by molar-refractivity contribution is 0.340. The van der Waals surface area contributed by atoms with E-state index in [4.69, 9.17) is 14.7 Å². The molecule has 0 heterocycles. The van der Waals surface area contributed by atoms with Crippen molar-refractivity contribution in [1.29, 1.82) is 0 Å². The fraction of sp³-hybridized carbons (Fsp3) is 1.00. The van der Waals surface area contributed by atoms with E-state index >= 15 is 0 Å². The Morgan fingerprint density at radius 1 is 1.12 bits per heavy atom. The summed E-state index contributed by atoms with van der Waals surface area (Å²) in [5, 5.41) is 2.75. The molecule has 0 spiro atoms. The fourth-order valence-electron chi connectivity index (χ4n) is 0. The first-order valence-corrected chi connectivity index (χ1v) is 4.14. The molecule has 0 aliphatic heterocycles. The maximum atomic E-state index is 7.74. The lowest BCUT2D eigenvalue weighted by Gasteiger charge is -1.88. The van der Waals surface area contributed by atoms with E-state index in [0.29, 0.717) is 0 Å². The standard InChI is InChI=1S/C2H7N.CH6O3P/c1-3-2;1-5(2,3)4/h3H,1-2H3;2-4H,1H3/q;+1. The second-order valence-corrected chi connectivity index (χ2v) is 3.10. The average molecular weight is 142 g/mol. The third kappa shape index (κ3) is 2390. The van der Waals surface area contributed by atoms with Crippen LogP contribution in [-0.4, -0.2) is 35.4 Å². The van der Waals surface area contributed by atoms with Gasteiger partial charge in [-0.05, 0) is 14.1 Å². The van der Waals surface area contributed by atoms with Crippen molar-refractivity contribution in [1.82, 2.24) is 5.32 Å². The lowest BCUT2D eigenvalue weighted by Crippen LogP contribution is -1.89. The van der Waals surface area contributed by atoms with E-state index in [2.05, 4.69) is 5.32 Å². The van der Waals surface area contributed by atoms with Gasteiger partial charge < -0.3 is 5.32 Å². The molecule has 4 N–H and O–H groups in total. The molecular formula is C3H13NO3P+. The first-order valence-electron chi connectivity index (χ1n) is 2.05. The molecule has 0 unspecified atom stereocenters. The van der Waals surface area contributed by atoms with Crippen molar-refractivity contribution in [3.63, 3.8) is 0 Å². The molecule has 0 aromatic heterocycles. The highest BCUT2D eigenvalue weighted by atomic mass is 31.2. The molecule has 0 atom stereocenters. The van der Waals surface area contributed by atoms with E-state index in [1.807, 2.05) is 14.1 Å². The van der Waals surface area contributed by atoms with Gasteiger partial charge >= 0.3 is 7.94 Å². The number of hydrogen-bond donors (Lipinski definition) is 4. The fourth-order valence-corrected chi connectivity index (χ4v) is 0. The Morgan fingerprint density at radius 2 is 1.12 bits per heavy atom. The van der Waals surface area contributed by atoms with Crippen molar-refractivity contribution in [2.75, 3.05) is 20.8 Å². The van der Waals surface area contributed by atoms with Crippen LogP contribution in [0.5, 0.6) is 0 Å². The molecule has 0 aromatic carbocycles. The normalized spacial score (nSPS) is 9.75. The molecule has 0 bridgehead atoms. The molecule has 0 fully saturated rings. The van der Waals surface area contributed by atoms with Crippen LogP contribution < -0.4 is 5.32 Å². The van der Waals surface area contributed by atoms with Crippen LogP contribution in [-0.2, 0) is 0 Å². The van der Waals surface area contributed by atoms with E-state index in [-0.39, 0.29) is 0 Å². The summed E-state index contributed by atoms with van der Waals surface area (Å²) in [5.74, 6) is 0. The third-order valence-electron chi connectivity index (χ3n) is 0. The van der Waals surface area contributed by atoms with Crippen molar-refractivity contribution in [3.8, 4) is 0 Å². The molecule has 52 valence electrons. The van der Waals surface area contributed by atoms with Crippen molar-refractivity contribution in [2.45, 2.75) is 0 Å². The van der Waals surface area contributed by atoms with Gasteiger partial charge in [0.25, 0.3) is 0 Å². The van der Waals surface area contributed by atoms with Gasteiger partial charge in [0.05, 0.1) is 0 Å². The summed E-state index contributed by atoms with van der Waals surface area (Å²) in [6.45, 7) is 0.965. The first kappa shape index (κ1) is 11.1. The molecule has 0 amide bonds. The topological polar surface area (TPSA) is 72.7 Å². The summed E-state index contributed by atoms with van der Waals surface area (Å²) in [4.78, 5) is 23.2. The number of rotatable bonds is 0. The zero-order valence-electron chi connectivity index (χ0n) is 5.29. The Bertz CT molecular complexity index is 38.3. The van der Waals surface area contributed by atoms with Crippen molar-refractivity contribution in [2.24, 2.45) is 0 Å². The van der Waals surface area contributed by atoms with Gasteiger partial charge in [0.1, 0.15) is 6.66 Å². The molecule has 0 rings (SSSR count). The minimum absolute atomic E-state index is 0.965. The monoisotopic (exact) mass is 142 g/mol. The van der Waals surface area contributed by atoms with Crippen LogP contribution in [0.1, 0.15) is 0 Å². The second kappa shape index (κ2) is 5.41. The van der Waals surface area contributed by atoms with Gasteiger partial charge in [0.15, 0.2) is 0 Å². The summed E-state index contributed by atoms with van der Waals surface area (Å²) in [7, 11) is 0.361. The quantitative estimate of drug-likeness (QED) is 0.334. The molecule has 0 saturated carbocycles. The van der Waals surface area contributed by atoms with Crippen molar-refractivity contribution >= 4 is 7.94 Å². The number of nitrogens with one attached hydrogen (secondary N) is 1. The van der Waals surface area contributed by atoms with Gasteiger partial charge in [-0.3, -0.25) is 0 Å². The minimum atomic E-state index is -3.39. The van der Waals surface area contributed by atoms with Crippen LogP contribution in [0.2, 0.25) is 0 Å². The smallest absolute Gasteiger partial charge is 0.323 e. The minimum Gasteiger partial charge on any atom is -0.323 e. The molecule has 0 aliphatic rings. The second-order valence-electron chi connectivity index (χ2n) is 1.37. The van der Waals surface area contributed by atoms with Gasteiger partial charge in [-0.15, -0.1) is 0 Å². The van der Waals surface area contributed by atoms with E-state index in [1.54, 1.807) is 0 Å². The Balaban J connectivity index is 0. The van der Waals surface area contributed by atoms with Crippen molar-refractivity contribution < 1.29 is 14.7 Å². The van der Waals surface area contributed by atoms with Crippen LogP contribution in [0, 0.1) is 0 Å². The van der Waals surface area contributed by atoms with Gasteiger partial charge in [-0.1, -0.05) is 0 Å². The van der Waals surface area contributed by atoms with Crippen LogP contribution >= 0.6 is 7.94 Å². The molecule has 8 heavy (non-hydrogen) atoms. The zero-order valence-corrected chi connectivity index (χ0v) is 6.18. The van der Waals surface area contributed by atoms with Gasteiger partial charge in [-0.25, -0.2) is 0 Å². The molecular weight excluding hydrogens is 129 g/mol. The molecule has 0 radical (unpaired) electrons. The Morgan fingerprint density at radius 3 is 1.12 bits per heavy atom. The third-order valence-corrected chi connectivity index (χ3v) is 0. The molecule has 0 aromatic rings. The molecule has 5 heteroatoms. The van der Waals surface area contributed by atoms with Gasteiger partial charge in [0.2, 0.25) is 0 Å². The highest BCUT2D eigenvalue weighted by molar-refractivity contribution is 7.57. The summed E-state index contributed by atoms with van der Waals surface area (Å²) in [5.41, 5.74) is 0. The summed E-state index contributed by atoms with van der Waals surface area (Å²) in [6, 6.07) is 0. The predicted molar refractivity (Wildman–Crippen MR) is 34.5 cm³/mol. The number of hydrogen-bond acceptors (Lipinski definition) is 4. The highest BCUT2D eigenvalue weighted by Gasteiger charge is 2.17. The summed E-state index contributed by atoms with van der Waals surface area (Å²) in [6.07, 6.45) is 0. The molecule has 4 nitrogen and oxygen atoms in total. The van der Waals surface area contributed by atoms with Gasteiger partial charge in [0, 0.05) is 0 Å². The van der Waals surface area contributed by atoms with Crippen LogP contribution in [0.15, 0.2) is 0 Å². The van der Waals surface area contributed by atoms with Crippen LogP contribution in [0.3, 0.4) is 0 Å². The molecule has 0 aliphatic carbocycles. The van der Waals surface area contributed by atoms with Crippen molar-refractivity contribution in [3.05, 3.63) is 0 Å². The maximum Gasteiger partial charge on any atom is 0.400 e. The summed E-state index contributed by atoms with van der Waals surface area (Å²) < 4.78 is 0. The Labute approximate surface area is 49.8 Å². The average Bonchev–Trinajstić information content (AvgIpc) is 1.27. The maximum absolute atomic E-state index is 7.74. The van der Waals surface area contributed by atoms with E-state index in [0.717, 1.165) is 6.66 Å². The van der Waals surface area contributed by atoms with Gasteiger partial charge in [-0.2, -0.15) is 14.7 Å². The lowest BCUT2D eigenvalue weighted by atomic mass is 11.3. The first-order chi connectivity index (χ1) is 3.41. The van der Waals surface area contributed by atoms with Crippen LogP contribution in [0.4, 0.5) is 0 Å².